The van der Waals surface area contributed by atoms with E-state index in [9.17, 15) is 5.11 Å². The van der Waals surface area contributed by atoms with E-state index in [0.29, 0.717) is 37.2 Å². The van der Waals surface area contributed by atoms with Gasteiger partial charge >= 0.3 is 0 Å². The lowest BCUT2D eigenvalue weighted by Gasteiger charge is -2.09. The van der Waals surface area contributed by atoms with E-state index in [0.717, 1.165) is 0 Å². The summed E-state index contributed by atoms with van der Waals surface area (Å²) in [7, 11) is 0. The van der Waals surface area contributed by atoms with Gasteiger partial charge in [0.2, 0.25) is 5.16 Å². The lowest BCUT2D eigenvalue weighted by Crippen LogP contribution is -2.19. The molecule has 0 bridgehead atoms. The first-order valence-corrected chi connectivity index (χ1v) is 6.11. The monoisotopic (exact) mass is 247 g/mol. The van der Waals surface area contributed by atoms with Gasteiger partial charge in [-0.1, -0.05) is 11.8 Å². The van der Waals surface area contributed by atoms with Gasteiger partial charge in [0.15, 0.2) is 0 Å². The minimum absolute atomic E-state index is 0.335. The Morgan fingerprint density at radius 2 is 2.44 bits per heavy atom. The molecule has 1 heterocycles. The average Bonchev–Trinajstić information content (AvgIpc) is 2.72. The van der Waals surface area contributed by atoms with Gasteiger partial charge in [-0.3, -0.25) is 0 Å². The van der Waals surface area contributed by atoms with Crippen molar-refractivity contribution < 1.29 is 9.84 Å². The molecular formula is C8H17N5O2S. The van der Waals surface area contributed by atoms with Crippen LogP contribution in [0.5, 0.6) is 0 Å². The third kappa shape index (κ3) is 4.44. The zero-order valence-electron chi connectivity index (χ0n) is 9.24. The average molecular weight is 247 g/mol. The molecule has 1 atom stereocenters. The lowest BCUT2D eigenvalue weighted by atomic mass is 10.4. The van der Waals surface area contributed by atoms with Gasteiger partial charge in [0.1, 0.15) is 0 Å². The highest BCUT2D eigenvalue weighted by Crippen LogP contribution is 2.14. The van der Waals surface area contributed by atoms with Crippen molar-refractivity contribution in [3.8, 4) is 0 Å². The summed E-state index contributed by atoms with van der Waals surface area (Å²) in [4.78, 5) is 0. The van der Waals surface area contributed by atoms with E-state index in [4.69, 9.17) is 10.5 Å². The number of tetrazole rings is 1. The van der Waals surface area contributed by atoms with Crippen LogP contribution in [-0.4, -0.2) is 56.9 Å². The van der Waals surface area contributed by atoms with Gasteiger partial charge < -0.3 is 15.6 Å². The number of nitrogens with zero attached hydrogens (tertiary/aromatic N) is 4. The Kier molecular flexibility index (Phi) is 6.31. The van der Waals surface area contributed by atoms with E-state index in [-0.39, 0.29) is 0 Å². The first-order chi connectivity index (χ1) is 7.77. The molecule has 0 aliphatic heterocycles. The highest BCUT2D eigenvalue weighted by Gasteiger charge is 2.10. The molecule has 92 valence electrons. The van der Waals surface area contributed by atoms with Crippen molar-refractivity contribution in [3.63, 3.8) is 0 Å². The maximum atomic E-state index is 9.55. The number of nitrogens with two attached hydrogens (primary N) is 1. The Morgan fingerprint density at radius 3 is 3.12 bits per heavy atom. The fraction of sp³-hybridized carbons (Fsp3) is 0.875. The molecule has 7 nitrogen and oxygen atoms in total. The Labute approximate surface area is 98.3 Å². The third-order valence-electron chi connectivity index (χ3n) is 1.76. The predicted molar refractivity (Wildman–Crippen MR) is 60.1 cm³/mol. The predicted octanol–water partition coefficient (Wildman–Crippen LogP) is -0.879. The van der Waals surface area contributed by atoms with Crippen molar-refractivity contribution >= 4 is 11.8 Å². The number of aromatic nitrogens is 4. The maximum Gasteiger partial charge on any atom is 0.209 e. The molecule has 0 aromatic carbocycles. The van der Waals surface area contributed by atoms with Crippen molar-refractivity contribution in [2.45, 2.75) is 24.7 Å². The summed E-state index contributed by atoms with van der Waals surface area (Å²) in [5, 5.41) is 21.4. The van der Waals surface area contributed by atoms with Gasteiger partial charge in [-0.2, -0.15) is 0 Å². The third-order valence-corrected chi connectivity index (χ3v) is 2.86. The van der Waals surface area contributed by atoms with Gasteiger partial charge in [-0.05, 0) is 17.4 Å². The van der Waals surface area contributed by atoms with Crippen LogP contribution in [-0.2, 0) is 11.3 Å². The summed E-state index contributed by atoms with van der Waals surface area (Å²) in [5.74, 6) is 0.505. The number of thioether (sulfide) groups is 1. The maximum absolute atomic E-state index is 9.55. The van der Waals surface area contributed by atoms with Crippen LogP contribution >= 0.6 is 11.8 Å². The summed E-state index contributed by atoms with van der Waals surface area (Å²) in [6.45, 7) is 3.90. The van der Waals surface area contributed by atoms with Crippen LogP contribution < -0.4 is 5.73 Å². The number of rotatable bonds is 8. The van der Waals surface area contributed by atoms with Gasteiger partial charge in [-0.25, -0.2) is 4.68 Å². The first kappa shape index (κ1) is 13.4. The number of ether oxygens (including phenoxy) is 1. The van der Waals surface area contributed by atoms with E-state index < -0.39 is 6.10 Å². The van der Waals surface area contributed by atoms with E-state index >= 15 is 0 Å². The van der Waals surface area contributed by atoms with Crippen molar-refractivity contribution in [3.05, 3.63) is 0 Å². The second-order valence-electron chi connectivity index (χ2n) is 3.10. The van der Waals surface area contributed by atoms with Crippen LogP contribution in [0, 0.1) is 0 Å². The molecular weight excluding hydrogens is 230 g/mol. The summed E-state index contributed by atoms with van der Waals surface area (Å²) < 4.78 is 6.72. The number of aliphatic hydroxyl groups is 1. The Balaban J connectivity index is 2.32. The second-order valence-corrected chi connectivity index (χ2v) is 4.08. The van der Waals surface area contributed by atoms with Crippen LogP contribution in [0.25, 0.3) is 0 Å². The molecule has 1 unspecified atom stereocenters. The Morgan fingerprint density at radius 1 is 1.62 bits per heavy atom. The molecule has 1 aromatic heterocycles. The summed E-state index contributed by atoms with van der Waals surface area (Å²) in [5.41, 5.74) is 5.42. The molecule has 0 radical (unpaired) electrons. The van der Waals surface area contributed by atoms with Crippen LogP contribution in [0.2, 0.25) is 0 Å². The molecule has 0 amide bonds. The van der Waals surface area contributed by atoms with Crippen LogP contribution in [0.15, 0.2) is 5.16 Å². The fourth-order valence-corrected chi connectivity index (χ4v) is 1.84. The molecule has 0 aliphatic rings. The summed E-state index contributed by atoms with van der Waals surface area (Å²) >= 11 is 1.39. The van der Waals surface area contributed by atoms with Crippen LogP contribution in [0.3, 0.4) is 0 Å². The highest BCUT2D eigenvalue weighted by atomic mass is 32.2. The molecule has 0 spiro atoms. The fourth-order valence-electron chi connectivity index (χ4n) is 1.04. The van der Waals surface area contributed by atoms with Gasteiger partial charge in [0.25, 0.3) is 0 Å². The quantitative estimate of drug-likeness (QED) is 0.575. The number of hydrogen-bond acceptors (Lipinski definition) is 7. The van der Waals surface area contributed by atoms with Gasteiger partial charge in [0.05, 0.1) is 19.3 Å². The minimum atomic E-state index is -0.507. The lowest BCUT2D eigenvalue weighted by molar-refractivity contribution is 0.0551. The Hall–Kier alpha value is -0.700. The van der Waals surface area contributed by atoms with Gasteiger partial charge in [-0.15, -0.1) is 5.10 Å². The van der Waals surface area contributed by atoms with E-state index in [1.807, 2.05) is 6.92 Å². The summed E-state index contributed by atoms with van der Waals surface area (Å²) in [6, 6.07) is 0. The minimum Gasteiger partial charge on any atom is -0.390 e. The molecule has 3 N–H and O–H groups in total. The van der Waals surface area contributed by atoms with Crippen LogP contribution in [0.4, 0.5) is 0 Å². The van der Waals surface area contributed by atoms with Crippen molar-refractivity contribution in [2.75, 3.05) is 25.5 Å². The van der Waals surface area contributed by atoms with Crippen molar-refractivity contribution in [2.24, 2.45) is 5.73 Å². The largest absolute Gasteiger partial charge is 0.390 e. The SMILES string of the molecule is CCOCC(O)CSc1nnnn1CCN. The van der Waals surface area contributed by atoms with Crippen molar-refractivity contribution in [1.29, 1.82) is 0 Å². The van der Waals surface area contributed by atoms with E-state index in [2.05, 4.69) is 15.5 Å². The molecule has 1 aromatic rings. The zero-order valence-corrected chi connectivity index (χ0v) is 10.1. The smallest absolute Gasteiger partial charge is 0.209 e. The topological polar surface area (TPSA) is 99.1 Å². The zero-order chi connectivity index (χ0) is 11.8. The van der Waals surface area contributed by atoms with E-state index in [1.54, 1.807) is 4.68 Å². The molecule has 8 heteroatoms. The van der Waals surface area contributed by atoms with Crippen LogP contribution in [0.1, 0.15) is 6.92 Å². The molecule has 0 aliphatic carbocycles. The standard InChI is InChI=1S/C8H17N5O2S/c1-2-15-5-7(14)6-16-8-10-11-12-13(8)4-3-9/h7,14H,2-6,9H2,1H3. The molecule has 16 heavy (non-hydrogen) atoms. The molecule has 1 rings (SSSR count). The first-order valence-electron chi connectivity index (χ1n) is 5.12. The molecule has 0 fully saturated rings. The normalized spacial score (nSPS) is 12.9. The van der Waals surface area contributed by atoms with E-state index in [1.165, 1.54) is 11.8 Å². The Bertz CT molecular complexity index is 296. The highest BCUT2D eigenvalue weighted by molar-refractivity contribution is 7.99. The number of hydrogen-bond donors (Lipinski definition) is 2. The number of aliphatic hydroxyl groups excluding tert-OH is 1. The molecule has 0 saturated heterocycles. The summed E-state index contributed by atoms with van der Waals surface area (Å²) in [6.07, 6.45) is -0.507. The second kappa shape index (κ2) is 7.55. The van der Waals surface area contributed by atoms with Gasteiger partial charge in [0, 0.05) is 18.9 Å². The van der Waals surface area contributed by atoms with Crippen molar-refractivity contribution in [1.82, 2.24) is 20.2 Å². The molecule has 0 saturated carbocycles.